The number of benzene rings is 1. The third-order valence-electron chi connectivity index (χ3n) is 4.70. The maximum Gasteiger partial charge on any atom is 0.224 e. The minimum atomic E-state index is -0.0158. The molecule has 27 heavy (non-hydrogen) atoms. The van der Waals surface area contributed by atoms with Crippen LogP contribution in [0.2, 0.25) is 0 Å². The normalized spacial score (nSPS) is 14.3. The van der Waals surface area contributed by atoms with Crippen molar-refractivity contribution in [3.05, 3.63) is 66.0 Å². The van der Waals surface area contributed by atoms with Crippen molar-refractivity contribution in [2.24, 2.45) is 0 Å². The van der Waals surface area contributed by atoms with Gasteiger partial charge in [-0.1, -0.05) is 24.3 Å². The standard InChI is InChI=1S/C21H22N4O2/c26-20(14-18-4-1-3-17-5-2-7-23-21(17)18)24-15-16-6-8-22-19(13-16)25-9-11-27-12-10-25/h1-8,13H,9-12,14-15H2,(H,24,26). The lowest BCUT2D eigenvalue weighted by molar-refractivity contribution is -0.120. The van der Waals surface area contributed by atoms with Gasteiger partial charge in [0.05, 0.1) is 25.2 Å². The highest BCUT2D eigenvalue weighted by Gasteiger charge is 2.13. The maximum absolute atomic E-state index is 12.4. The molecule has 6 nitrogen and oxygen atoms in total. The van der Waals surface area contributed by atoms with Crippen LogP contribution >= 0.6 is 0 Å². The van der Waals surface area contributed by atoms with Crippen LogP contribution in [0, 0.1) is 0 Å². The van der Waals surface area contributed by atoms with E-state index in [4.69, 9.17) is 4.74 Å². The second-order valence-electron chi connectivity index (χ2n) is 6.57. The van der Waals surface area contributed by atoms with Gasteiger partial charge >= 0.3 is 0 Å². The van der Waals surface area contributed by atoms with Crippen LogP contribution in [-0.4, -0.2) is 42.2 Å². The number of pyridine rings is 2. The topological polar surface area (TPSA) is 67.4 Å². The number of anilines is 1. The number of nitrogens with zero attached hydrogens (tertiary/aromatic N) is 3. The molecule has 0 spiro atoms. The number of carbonyl (C=O) groups excluding carboxylic acids is 1. The average Bonchev–Trinajstić information content (AvgIpc) is 2.73. The number of aromatic nitrogens is 2. The Bertz CT molecular complexity index is 933. The molecule has 2 aromatic heterocycles. The number of hydrogen-bond donors (Lipinski definition) is 1. The molecule has 3 aromatic rings. The van der Waals surface area contributed by atoms with Gasteiger partial charge in [0.15, 0.2) is 0 Å². The predicted molar refractivity (Wildman–Crippen MR) is 105 cm³/mol. The Kier molecular flexibility index (Phi) is 5.25. The Morgan fingerprint density at radius 2 is 1.93 bits per heavy atom. The number of fused-ring (bicyclic) bond motifs is 1. The fourth-order valence-electron chi connectivity index (χ4n) is 3.28. The Morgan fingerprint density at radius 3 is 2.81 bits per heavy atom. The molecule has 1 saturated heterocycles. The van der Waals surface area contributed by atoms with Crippen LogP contribution < -0.4 is 10.2 Å². The van der Waals surface area contributed by atoms with Crippen LogP contribution in [-0.2, 0) is 22.5 Å². The van der Waals surface area contributed by atoms with Gasteiger partial charge in [0, 0.05) is 37.4 Å². The summed E-state index contributed by atoms with van der Waals surface area (Å²) in [5.41, 5.74) is 2.86. The number of rotatable bonds is 5. The lowest BCUT2D eigenvalue weighted by atomic mass is 10.1. The van der Waals surface area contributed by atoms with Crippen LogP contribution in [0.25, 0.3) is 10.9 Å². The molecule has 1 aliphatic rings. The third-order valence-corrected chi connectivity index (χ3v) is 4.70. The first-order chi connectivity index (χ1) is 13.3. The first kappa shape index (κ1) is 17.4. The average molecular weight is 362 g/mol. The number of para-hydroxylation sites is 1. The summed E-state index contributed by atoms with van der Waals surface area (Å²) in [6.45, 7) is 3.62. The smallest absolute Gasteiger partial charge is 0.224 e. The Labute approximate surface area is 158 Å². The van der Waals surface area contributed by atoms with E-state index in [1.54, 1.807) is 12.4 Å². The molecular formula is C21H22N4O2. The molecule has 0 bridgehead atoms. The Hall–Kier alpha value is -2.99. The predicted octanol–water partition coefficient (Wildman–Crippen LogP) is 2.33. The van der Waals surface area contributed by atoms with Gasteiger partial charge < -0.3 is 15.0 Å². The number of morpholine rings is 1. The molecule has 0 saturated carbocycles. The lowest BCUT2D eigenvalue weighted by Crippen LogP contribution is -2.36. The second-order valence-corrected chi connectivity index (χ2v) is 6.57. The zero-order valence-corrected chi connectivity index (χ0v) is 15.1. The lowest BCUT2D eigenvalue weighted by Gasteiger charge is -2.28. The molecule has 0 aliphatic carbocycles. The van der Waals surface area contributed by atoms with Crippen molar-refractivity contribution in [1.29, 1.82) is 0 Å². The number of nitrogens with one attached hydrogen (secondary N) is 1. The van der Waals surface area contributed by atoms with Gasteiger partial charge in [-0.3, -0.25) is 9.78 Å². The zero-order valence-electron chi connectivity index (χ0n) is 15.1. The quantitative estimate of drug-likeness (QED) is 0.754. The Morgan fingerprint density at radius 1 is 1.07 bits per heavy atom. The summed E-state index contributed by atoms with van der Waals surface area (Å²) >= 11 is 0. The monoisotopic (exact) mass is 362 g/mol. The largest absolute Gasteiger partial charge is 0.378 e. The molecular weight excluding hydrogens is 340 g/mol. The highest BCUT2D eigenvalue weighted by Crippen LogP contribution is 2.17. The van der Waals surface area contributed by atoms with E-state index >= 15 is 0 Å². The molecule has 138 valence electrons. The molecule has 3 heterocycles. The summed E-state index contributed by atoms with van der Waals surface area (Å²) in [5, 5.41) is 4.05. The van der Waals surface area contributed by atoms with E-state index in [9.17, 15) is 4.79 Å². The van der Waals surface area contributed by atoms with Crippen molar-refractivity contribution < 1.29 is 9.53 Å². The van der Waals surface area contributed by atoms with Gasteiger partial charge in [-0.2, -0.15) is 0 Å². The number of hydrogen-bond acceptors (Lipinski definition) is 5. The number of carbonyl (C=O) groups is 1. The van der Waals surface area contributed by atoms with Crippen molar-refractivity contribution in [2.75, 3.05) is 31.2 Å². The number of amides is 1. The molecule has 1 aromatic carbocycles. The van der Waals surface area contributed by atoms with Crippen LogP contribution in [0.3, 0.4) is 0 Å². The molecule has 1 N–H and O–H groups in total. The van der Waals surface area contributed by atoms with E-state index in [0.29, 0.717) is 13.0 Å². The zero-order chi connectivity index (χ0) is 18.5. The van der Waals surface area contributed by atoms with E-state index in [0.717, 1.165) is 54.2 Å². The summed E-state index contributed by atoms with van der Waals surface area (Å²) in [6, 6.07) is 13.8. The molecule has 0 radical (unpaired) electrons. The van der Waals surface area contributed by atoms with E-state index in [2.05, 4.69) is 20.2 Å². The first-order valence-electron chi connectivity index (χ1n) is 9.16. The molecule has 0 unspecified atom stereocenters. The summed E-state index contributed by atoms with van der Waals surface area (Å²) in [4.78, 5) is 23.5. The summed E-state index contributed by atoms with van der Waals surface area (Å²) in [7, 11) is 0. The van der Waals surface area contributed by atoms with E-state index < -0.39 is 0 Å². The van der Waals surface area contributed by atoms with Crippen molar-refractivity contribution in [2.45, 2.75) is 13.0 Å². The summed E-state index contributed by atoms with van der Waals surface area (Å²) < 4.78 is 5.39. The van der Waals surface area contributed by atoms with Gasteiger partial charge in [-0.05, 0) is 29.3 Å². The minimum absolute atomic E-state index is 0.0158. The molecule has 0 atom stereocenters. The molecule has 1 aliphatic heterocycles. The van der Waals surface area contributed by atoms with Crippen LogP contribution in [0.4, 0.5) is 5.82 Å². The molecule has 6 heteroatoms. The van der Waals surface area contributed by atoms with Crippen molar-refractivity contribution in [1.82, 2.24) is 15.3 Å². The van der Waals surface area contributed by atoms with Gasteiger partial charge in [-0.15, -0.1) is 0 Å². The van der Waals surface area contributed by atoms with Crippen LogP contribution in [0.15, 0.2) is 54.9 Å². The van der Waals surface area contributed by atoms with E-state index in [1.165, 1.54) is 0 Å². The van der Waals surface area contributed by atoms with Crippen molar-refractivity contribution in [3.63, 3.8) is 0 Å². The molecule has 1 amide bonds. The fraction of sp³-hybridized carbons (Fsp3) is 0.286. The highest BCUT2D eigenvalue weighted by atomic mass is 16.5. The third kappa shape index (κ3) is 4.23. The minimum Gasteiger partial charge on any atom is -0.378 e. The van der Waals surface area contributed by atoms with Gasteiger partial charge in [0.1, 0.15) is 5.82 Å². The Balaban J connectivity index is 1.39. The van der Waals surface area contributed by atoms with Crippen LogP contribution in [0.1, 0.15) is 11.1 Å². The van der Waals surface area contributed by atoms with E-state index in [-0.39, 0.29) is 5.91 Å². The summed E-state index contributed by atoms with van der Waals surface area (Å²) in [5.74, 6) is 0.918. The highest BCUT2D eigenvalue weighted by molar-refractivity contribution is 5.87. The summed E-state index contributed by atoms with van der Waals surface area (Å²) in [6.07, 6.45) is 3.87. The van der Waals surface area contributed by atoms with E-state index in [1.807, 2.05) is 42.5 Å². The van der Waals surface area contributed by atoms with Crippen molar-refractivity contribution in [3.8, 4) is 0 Å². The molecule has 4 rings (SSSR count). The van der Waals surface area contributed by atoms with Gasteiger partial charge in [0.25, 0.3) is 0 Å². The first-order valence-corrected chi connectivity index (χ1v) is 9.16. The van der Waals surface area contributed by atoms with Gasteiger partial charge in [0.2, 0.25) is 5.91 Å². The number of ether oxygens (including phenoxy) is 1. The molecule has 1 fully saturated rings. The van der Waals surface area contributed by atoms with Crippen molar-refractivity contribution >= 4 is 22.6 Å². The van der Waals surface area contributed by atoms with Gasteiger partial charge in [-0.25, -0.2) is 4.98 Å². The second kappa shape index (κ2) is 8.14. The maximum atomic E-state index is 12.4. The fourth-order valence-corrected chi connectivity index (χ4v) is 3.28. The van der Waals surface area contributed by atoms with Crippen LogP contribution in [0.5, 0.6) is 0 Å². The SMILES string of the molecule is O=C(Cc1cccc2cccnc12)NCc1ccnc(N2CCOCC2)c1.